The maximum absolute atomic E-state index is 11.9. The molecule has 7 heteroatoms. The number of benzene rings is 1. The Morgan fingerprint density at radius 2 is 1.96 bits per heavy atom. The Morgan fingerprint density at radius 1 is 1.22 bits per heavy atom. The van der Waals surface area contributed by atoms with Crippen molar-refractivity contribution in [3.63, 3.8) is 0 Å². The molecular formula is C20H25N3O4. The van der Waals surface area contributed by atoms with Crippen molar-refractivity contribution in [2.75, 3.05) is 13.2 Å². The molecule has 144 valence electrons. The topological polar surface area (TPSA) is 82.8 Å². The minimum absolute atomic E-state index is 0.142. The van der Waals surface area contributed by atoms with Crippen LogP contribution in [0.15, 0.2) is 47.6 Å². The average molecular weight is 371 g/mol. The highest BCUT2D eigenvalue weighted by atomic mass is 16.5. The van der Waals surface area contributed by atoms with Crippen molar-refractivity contribution >= 4 is 11.9 Å². The Hall–Kier alpha value is -2.96. The summed E-state index contributed by atoms with van der Waals surface area (Å²) >= 11 is 0. The van der Waals surface area contributed by atoms with E-state index in [1.165, 1.54) is 6.20 Å². The van der Waals surface area contributed by atoms with E-state index in [-0.39, 0.29) is 17.9 Å². The fourth-order valence-corrected chi connectivity index (χ4v) is 2.11. The van der Waals surface area contributed by atoms with E-state index in [0.717, 1.165) is 18.5 Å². The molecule has 0 radical (unpaired) electrons. The van der Waals surface area contributed by atoms with E-state index in [1.54, 1.807) is 10.7 Å². The monoisotopic (exact) mass is 371 g/mol. The molecule has 1 amide bonds. The Morgan fingerprint density at radius 3 is 2.63 bits per heavy atom. The fraction of sp³-hybridized carbons (Fsp3) is 0.400. The molecule has 1 aromatic heterocycles. The van der Waals surface area contributed by atoms with Crippen LogP contribution in [-0.4, -0.2) is 34.9 Å². The fourth-order valence-electron chi connectivity index (χ4n) is 2.11. The Kier molecular flexibility index (Phi) is 7.73. The first-order chi connectivity index (χ1) is 13.0. The normalized spacial score (nSPS) is 11.5. The molecule has 7 nitrogen and oxygen atoms in total. The largest absolute Gasteiger partial charge is 0.478 e. The minimum Gasteiger partial charge on any atom is -0.478 e. The molecule has 27 heavy (non-hydrogen) atoms. The lowest BCUT2D eigenvalue weighted by atomic mass is 10.2. The summed E-state index contributed by atoms with van der Waals surface area (Å²) in [6, 6.07) is 11.1. The molecule has 2 aromatic rings. The molecule has 0 saturated carbocycles. The van der Waals surface area contributed by atoms with Gasteiger partial charge in [-0.3, -0.25) is 4.79 Å². The minimum atomic E-state index is -0.975. The number of para-hydroxylation sites is 1. The van der Waals surface area contributed by atoms with Crippen LogP contribution >= 0.6 is 0 Å². The van der Waals surface area contributed by atoms with Gasteiger partial charge in [0.15, 0.2) is 0 Å². The van der Waals surface area contributed by atoms with E-state index in [0.29, 0.717) is 12.5 Å². The summed E-state index contributed by atoms with van der Waals surface area (Å²) in [5.41, 5.74) is 0.818. The van der Waals surface area contributed by atoms with Crippen LogP contribution in [0.2, 0.25) is 0 Å². The predicted molar refractivity (Wildman–Crippen MR) is 100 cm³/mol. The van der Waals surface area contributed by atoms with Crippen molar-refractivity contribution in [2.45, 2.75) is 33.6 Å². The second-order valence-electron chi connectivity index (χ2n) is 6.41. The van der Waals surface area contributed by atoms with E-state index < -0.39 is 11.9 Å². The van der Waals surface area contributed by atoms with Gasteiger partial charge in [-0.25, -0.2) is 14.5 Å². The summed E-state index contributed by atoms with van der Waals surface area (Å²) in [5, 5.41) is 4.54. The van der Waals surface area contributed by atoms with E-state index in [2.05, 4.69) is 17.0 Å². The number of amides is 1. The summed E-state index contributed by atoms with van der Waals surface area (Å²) in [6.45, 7) is 6.53. The summed E-state index contributed by atoms with van der Waals surface area (Å²) in [5.74, 6) is -1.35. The quantitative estimate of drug-likeness (QED) is 0.424. The SMILES string of the molecule is CCCCOc1cc(=NC(=O)C(=O)OCC(C)C)cnn1-c1ccccc1. The molecule has 0 fully saturated rings. The van der Waals surface area contributed by atoms with Gasteiger partial charge in [0.2, 0.25) is 5.88 Å². The lowest BCUT2D eigenvalue weighted by Gasteiger charge is -2.13. The highest BCUT2D eigenvalue weighted by Crippen LogP contribution is 2.14. The first-order valence-corrected chi connectivity index (χ1v) is 9.04. The molecule has 0 atom stereocenters. The Labute approximate surface area is 158 Å². The number of hydrogen-bond donors (Lipinski definition) is 0. The number of carbonyl (C=O) groups excluding carboxylic acids is 2. The standard InChI is InChI=1S/C20H25N3O4/c1-4-5-11-26-18-12-16(22-19(24)20(25)27-14-15(2)3)13-21-23(18)17-9-7-6-8-10-17/h6-10,12-13,15H,4-5,11,14H2,1-3H3. The van der Waals surface area contributed by atoms with Crippen LogP contribution in [0.3, 0.4) is 0 Å². The van der Waals surface area contributed by atoms with Crippen LogP contribution in [0, 0.1) is 5.92 Å². The maximum atomic E-state index is 11.9. The zero-order chi connectivity index (χ0) is 19.6. The summed E-state index contributed by atoms with van der Waals surface area (Å²) in [4.78, 5) is 27.4. The number of hydrogen-bond acceptors (Lipinski definition) is 5. The van der Waals surface area contributed by atoms with Gasteiger partial charge in [0.1, 0.15) is 0 Å². The maximum Gasteiger partial charge on any atom is 0.399 e. The van der Waals surface area contributed by atoms with Gasteiger partial charge in [0.25, 0.3) is 0 Å². The van der Waals surface area contributed by atoms with E-state index >= 15 is 0 Å². The zero-order valence-electron chi connectivity index (χ0n) is 15.9. The summed E-state index contributed by atoms with van der Waals surface area (Å²) < 4.78 is 12.3. The smallest absolute Gasteiger partial charge is 0.399 e. The lowest BCUT2D eigenvalue weighted by Crippen LogP contribution is -2.21. The third kappa shape index (κ3) is 6.36. The van der Waals surface area contributed by atoms with Crippen molar-refractivity contribution < 1.29 is 19.1 Å². The van der Waals surface area contributed by atoms with Gasteiger partial charge in [0, 0.05) is 6.07 Å². The first-order valence-electron chi connectivity index (χ1n) is 9.04. The molecule has 2 rings (SSSR count). The number of esters is 1. The predicted octanol–water partition coefficient (Wildman–Crippen LogP) is 2.68. The van der Waals surface area contributed by atoms with Gasteiger partial charge in [-0.05, 0) is 24.5 Å². The second kappa shape index (κ2) is 10.3. The molecule has 0 bridgehead atoms. The Balaban J connectivity index is 2.28. The molecule has 0 aliphatic rings. The molecule has 1 aromatic carbocycles. The van der Waals surface area contributed by atoms with E-state index in [9.17, 15) is 9.59 Å². The zero-order valence-corrected chi connectivity index (χ0v) is 15.9. The lowest BCUT2D eigenvalue weighted by molar-refractivity contribution is -0.154. The van der Waals surface area contributed by atoms with Gasteiger partial charge in [0.05, 0.1) is 30.5 Å². The number of unbranched alkanes of at least 4 members (excludes halogenated alkanes) is 1. The van der Waals surface area contributed by atoms with Gasteiger partial charge < -0.3 is 9.47 Å². The van der Waals surface area contributed by atoms with Crippen molar-refractivity contribution in [3.8, 4) is 11.6 Å². The Bertz CT molecular complexity index is 829. The third-order valence-corrected chi connectivity index (χ3v) is 3.49. The molecule has 0 aliphatic heterocycles. The highest BCUT2D eigenvalue weighted by molar-refractivity contribution is 6.32. The van der Waals surface area contributed by atoms with Crippen molar-refractivity contribution in [1.82, 2.24) is 9.78 Å². The van der Waals surface area contributed by atoms with Gasteiger partial charge in [-0.2, -0.15) is 5.10 Å². The number of aromatic nitrogens is 2. The van der Waals surface area contributed by atoms with Crippen molar-refractivity contribution in [1.29, 1.82) is 0 Å². The number of ether oxygens (including phenoxy) is 2. The number of carbonyl (C=O) groups is 2. The number of nitrogens with zero attached hydrogens (tertiary/aromatic N) is 3. The second-order valence-corrected chi connectivity index (χ2v) is 6.41. The molecular weight excluding hydrogens is 346 g/mol. The van der Waals surface area contributed by atoms with Crippen LogP contribution < -0.4 is 10.1 Å². The highest BCUT2D eigenvalue weighted by Gasteiger charge is 2.15. The molecule has 0 unspecified atom stereocenters. The first kappa shape index (κ1) is 20.4. The van der Waals surface area contributed by atoms with Crippen LogP contribution in [0.5, 0.6) is 5.88 Å². The van der Waals surface area contributed by atoms with Crippen LogP contribution in [0.25, 0.3) is 5.69 Å². The number of rotatable bonds is 7. The van der Waals surface area contributed by atoms with Crippen LogP contribution in [-0.2, 0) is 14.3 Å². The van der Waals surface area contributed by atoms with Gasteiger partial charge >= 0.3 is 11.9 Å². The van der Waals surface area contributed by atoms with Gasteiger partial charge in [-0.1, -0.05) is 45.4 Å². The van der Waals surface area contributed by atoms with Crippen LogP contribution in [0.1, 0.15) is 33.6 Å². The third-order valence-electron chi connectivity index (χ3n) is 3.49. The molecule has 0 N–H and O–H groups in total. The van der Waals surface area contributed by atoms with Crippen molar-refractivity contribution in [3.05, 3.63) is 48.0 Å². The van der Waals surface area contributed by atoms with E-state index in [4.69, 9.17) is 9.47 Å². The summed E-state index contributed by atoms with van der Waals surface area (Å²) in [7, 11) is 0. The molecule has 0 saturated heterocycles. The average Bonchev–Trinajstić information content (AvgIpc) is 2.67. The van der Waals surface area contributed by atoms with Crippen molar-refractivity contribution in [2.24, 2.45) is 10.9 Å². The van der Waals surface area contributed by atoms with E-state index in [1.807, 2.05) is 44.2 Å². The summed E-state index contributed by atoms with van der Waals surface area (Å²) in [6.07, 6.45) is 3.28. The van der Waals surface area contributed by atoms with Crippen LogP contribution in [0.4, 0.5) is 0 Å². The molecule has 1 heterocycles. The molecule has 0 spiro atoms. The molecule has 0 aliphatic carbocycles. The van der Waals surface area contributed by atoms with Gasteiger partial charge in [-0.15, -0.1) is 0 Å².